The van der Waals surface area contributed by atoms with Crippen molar-refractivity contribution in [1.29, 1.82) is 0 Å². The maximum Gasteiger partial charge on any atom is 0.191 e. The maximum atomic E-state index is 4.48. The zero-order valence-corrected chi connectivity index (χ0v) is 17.1. The maximum absolute atomic E-state index is 4.48. The zero-order chi connectivity index (χ0) is 18.7. The molecule has 0 fully saturated rings. The molecule has 0 amide bonds. The van der Waals surface area contributed by atoms with Crippen molar-refractivity contribution in [1.82, 2.24) is 14.8 Å². The third-order valence-electron chi connectivity index (χ3n) is 4.66. The van der Waals surface area contributed by atoms with E-state index < -0.39 is 0 Å². The van der Waals surface area contributed by atoms with Crippen molar-refractivity contribution in [2.75, 3.05) is 0 Å². The minimum Gasteiger partial charge on any atom is -0.302 e. The second-order valence-electron chi connectivity index (χ2n) is 7.59. The van der Waals surface area contributed by atoms with Crippen molar-refractivity contribution in [3.05, 3.63) is 65.2 Å². The van der Waals surface area contributed by atoms with Crippen LogP contribution < -0.4 is 0 Å². The first-order valence-electron chi connectivity index (χ1n) is 9.11. The monoisotopic (exact) mass is 365 g/mol. The summed E-state index contributed by atoms with van der Waals surface area (Å²) in [4.78, 5) is 0. The van der Waals surface area contributed by atoms with E-state index in [1.165, 1.54) is 16.7 Å². The van der Waals surface area contributed by atoms with Crippen molar-refractivity contribution in [2.45, 2.75) is 57.5 Å². The molecule has 0 unspecified atom stereocenters. The molecule has 136 valence electrons. The molecule has 0 spiro atoms. The minimum atomic E-state index is 0.158. The molecule has 0 bridgehead atoms. The molecular formula is C22H27N3S. The summed E-state index contributed by atoms with van der Waals surface area (Å²) in [5.41, 5.74) is 5.28. The van der Waals surface area contributed by atoms with Crippen molar-refractivity contribution in [3.63, 3.8) is 0 Å². The number of hydrogen-bond donors (Lipinski definition) is 0. The van der Waals surface area contributed by atoms with Crippen LogP contribution in [0.15, 0.2) is 53.7 Å². The van der Waals surface area contributed by atoms with Gasteiger partial charge in [-0.05, 0) is 36.0 Å². The lowest BCUT2D eigenvalue weighted by Crippen LogP contribution is -2.10. The van der Waals surface area contributed by atoms with E-state index >= 15 is 0 Å². The molecule has 0 aliphatic heterocycles. The second kappa shape index (κ2) is 7.67. The average Bonchev–Trinajstić information content (AvgIpc) is 3.03. The van der Waals surface area contributed by atoms with Gasteiger partial charge in [0.25, 0.3) is 0 Å². The Hall–Kier alpha value is -2.07. The molecule has 0 N–H and O–H groups in total. The van der Waals surface area contributed by atoms with Crippen LogP contribution >= 0.6 is 11.8 Å². The number of benzene rings is 2. The largest absolute Gasteiger partial charge is 0.302 e. The second-order valence-corrected chi connectivity index (χ2v) is 8.54. The Morgan fingerprint density at radius 2 is 1.65 bits per heavy atom. The SMILES string of the molecule is CCn1c(SCc2ccccc2C)nnc1-c1ccc(C(C)(C)C)cc1. The summed E-state index contributed by atoms with van der Waals surface area (Å²) < 4.78 is 2.20. The Labute approximate surface area is 160 Å². The Morgan fingerprint density at radius 3 is 2.27 bits per heavy atom. The van der Waals surface area contributed by atoms with E-state index in [4.69, 9.17) is 0 Å². The van der Waals surface area contributed by atoms with Crippen LogP contribution in [0.25, 0.3) is 11.4 Å². The highest BCUT2D eigenvalue weighted by Gasteiger charge is 2.16. The van der Waals surface area contributed by atoms with Crippen molar-refractivity contribution in [3.8, 4) is 11.4 Å². The predicted octanol–water partition coefficient (Wildman–Crippen LogP) is 5.86. The molecule has 0 saturated carbocycles. The van der Waals surface area contributed by atoms with Crippen LogP contribution in [0.5, 0.6) is 0 Å². The summed E-state index contributed by atoms with van der Waals surface area (Å²) in [6, 6.07) is 17.2. The molecule has 0 saturated heterocycles. The fourth-order valence-electron chi connectivity index (χ4n) is 2.93. The van der Waals surface area contributed by atoms with Crippen LogP contribution in [-0.2, 0) is 17.7 Å². The number of hydrogen-bond acceptors (Lipinski definition) is 3. The van der Waals surface area contributed by atoms with E-state index in [0.29, 0.717) is 0 Å². The van der Waals surface area contributed by atoms with E-state index in [1.807, 2.05) is 0 Å². The van der Waals surface area contributed by atoms with Crippen LogP contribution in [0.2, 0.25) is 0 Å². The van der Waals surface area contributed by atoms with Crippen molar-refractivity contribution in [2.24, 2.45) is 0 Å². The van der Waals surface area contributed by atoms with Crippen LogP contribution in [0.3, 0.4) is 0 Å². The Morgan fingerprint density at radius 1 is 0.962 bits per heavy atom. The fraction of sp³-hybridized carbons (Fsp3) is 0.364. The van der Waals surface area contributed by atoms with Gasteiger partial charge in [0.05, 0.1) is 0 Å². The summed E-state index contributed by atoms with van der Waals surface area (Å²) in [7, 11) is 0. The fourth-order valence-corrected chi connectivity index (χ4v) is 4.01. The van der Waals surface area contributed by atoms with E-state index in [0.717, 1.165) is 28.8 Å². The lowest BCUT2D eigenvalue weighted by atomic mass is 9.87. The van der Waals surface area contributed by atoms with E-state index in [1.54, 1.807) is 11.8 Å². The Kier molecular flexibility index (Phi) is 5.52. The smallest absolute Gasteiger partial charge is 0.191 e. The first-order chi connectivity index (χ1) is 12.4. The van der Waals surface area contributed by atoms with Crippen LogP contribution in [0.4, 0.5) is 0 Å². The normalized spacial score (nSPS) is 11.7. The van der Waals surface area contributed by atoms with Gasteiger partial charge in [-0.3, -0.25) is 0 Å². The summed E-state index contributed by atoms with van der Waals surface area (Å²) in [5, 5.41) is 9.91. The zero-order valence-electron chi connectivity index (χ0n) is 16.3. The summed E-state index contributed by atoms with van der Waals surface area (Å²) in [5.74, 6) is 1.86. The Balaban J connectivity index is 1.83. The molecule has 26 heavy (non-hydrogen) atoms. The van der Waals surface area contributed by atoms with Gasteiger partial charge in [-0.15, -0.1) is 10.2 Å². The van der Waals surface area contributed by atoms with E-state index in [2.05, 4.69) is 97.9 Å². The highest BCUT2D eigenvalue weighted by molar-refractivity contribution is 7.98. The van der Waals surface area contributed by atoms with Crippen LogP contribution in [0.1, 0.15) is 44.4 Å². The summed E-state index contributed by atoms with van der Waals surface area (Å²) >= 11 is 1.75. The molecule has 1 aromatic heterocycles. The quantitative estimate of drug-likeness (QED) is 0.530. The topological polar surface area (TPSA) is 30.7 Å². The van der Waals surface area contributed by atoms with Gasteiger partial charge in [0.2, 0.25) is 0 Å². The van der Waals surface area contributed by atoms with Gasteiger partial charge < -0.3 is 4.57 Å². The van der Waals surface area contributed by atoms with Gasteiger partial charge in [0.15, 0.2) is 11.0 Å². The summed E-state index contributed by atoms with van der Waals surface area (Å²) in [6.07, 6.45) is 0. The minimum absolute atomic E-state index is 0.158. The first-order valence-corrected chi connectivity index (χ1v) is 10.1. The molecule has 1 heterocycles. The third-order valence-corrected chi connectivity index (χ3v) is 5.68. The number of aromatic nitrogens is 3. The molecule has 3 rings (SSSR count). The first kappa shape index (κ1) is 18.7. The molecular weight excluding hydrogens is 338 g/mol. The standard InChI is InChI=1S/C22H27N3S/c1-6-25-20(17-11-13-19(14-12-17)22(3,4)5)23-24-21(25)26-15-18-10-8-7-9-16(18)2/h7-14H,6,15H2,1-5H3. The molecule has 4 heteroatoms. The number of aryl methyl sites for hydroxylation is 1. The highest BCUT2D eigenvalue weighted by Crippen LogP contribution is 2.29. The summed E-state index contributed by atoms with van der Waals surface area (Å²) in [6.45, 7) is 11.9. The molecule has 0 atom stereocenters. The van der Waals surface area contributed by atoms with Gasteiger partial charge in [0.1, 0.15) is 0 Å². The van der Waals surface area contributed by atoms with Crippen LogP contribution in [-0.4, -0.2) is 14.8 Å². The molecule has 2 aromatic carbocycles. The lowest BCUT2D eigenvalue weighted by Gasteiger charge is -2.19. The van der Waals surface area contributed by atoms with Gasteiger partial charge in [-0.25, -0.2) is 0 Å². The van der Waals surface area contributed by atoms with Gasteiger partial charge in [0, 0.05) is 17.9 Å². The van der Waals surface area contributed by atoms with Gasteiger partial charge >= 0.3 is 0 Å². The van der Waals surface area contributed by atoms with E-state index in [9.17, 15) is 0 Å². The number of rotatable bonds is 5. The average molecular weight is 366 g/mol. The number of nitrogens with zero attached hydrogens (tertiary/aromatic N) is 3. The molecule has 3 nitrogen and oxygen atoms in total. The lowest BCUT2D eigenvalue weighted by molar-refractivity contribution is 0.590. The Bertz CT molecular complexity index is 873. The van der Waals surface area contributed by atoms with Gasteiger partial charge in [-0.1, -0.05) is 81.1 Å². The molecule has 0 radical (unpaired) electrons. The molecule has 0 aliphatic rings. The van der Waals surface area contributed by atoms with Crippen molar-refractivity contribution >= 4 is 11.8 Å². The third kappa shape index (κ3) is 4.01. The molecule has 0 aliphatic carbocycles. The van der Waals surface area contributed by atoms with Crippen molar-refractivity contribution < 1.29 is 0 Å². The molecule has 3 aromatic rings. The predicted molar refractivity (Wildman–Crippen MR) is 111 cm³/mol. The van der Waals surface area contributed by atoms with Gasteiger partial charge in [-0.2, -0.15) is 0 Å². The highest BCUT2D eigenvalue weighted by atomic mass is 32.2. The van der Waals surface area contributed by atoms with Crippen LogP contribution in [0, 0.1) is 6.92 Å². The number of thioether (sulfide) groups is 1. The van der Waals surface area contributed by atoms with E-state index in [-0.39, 0.29) is 5.41 Å².